The van der Waals surface area contributed by atoms with Crippen LogP contribution in [0.3, 0.4) is 0 Å². The second-order valence-electron chi connectivity index (χ2n) is 4.12. The lowest BCUT2D eigenvalue weighted by molar-refractivity contribution is -0.141. The van der Waals surface area contributed by atoms with E-state index < -0.39 is 29.0 Å². The standard InChI is InChI=1S/C10H10ClF3N4O2/c11-7-8(16-4-6(17-7)10(12,13)14)18-2-1-15-3-5(18)9(19)20/h4-5,15H,1-3H2,(H,19,20). The summed E-state index contributed by atoms with van der Waals surface area (Å²) in [5.41, 5.74) is -1.21. The van der Waals surface area contributed by atoms with Crippen molar-refractivity contribution in [2.24, 2.45) is 0 Å². The van der Waals surface area contributed by atoms with E-state index in [1.165, 1.54) is 4.90 Å². The molecule has 110 valence electrons. The highest BCUT2D eigenvalue weighted by Crippen LogP contribution is 2.31. The summed E-state index contributed by atoms with van der Waals surface area (Å²) in [5.74, 6) is -1.18. The Morgan fingerprint density at radius 1 is 1.55 bits per heavy atom. The molecule has 1 aromatic heterocycles. The Morgan fingerprint density at radius 3 is 2.80 bits per heavy atom. The first-order chi connectivity index (χ1) is 9.30. The normalized spacial score (nSPS) is 20.0. The monoisotopic (exact) mass is 310 g/mol. The van der Waals surface area contributed by atoms with Gasteiger partial charge in [0.2, 0.25) is 0 Å². The number of carboxylic acids is 1. The molecule has 0 radical (unpaired) electrons. The number of anilines is 1. The molecule has 10 heteroatoms. The highest BCUT2D eigenvalue weighted by molar-refractivity contribution is 6.31. The smallest absolute Gasteiger partial charge is 0.434 e. The Bertz CT molecular complexity index is 526. The molecule has 6 nitrogen and oxygen atoms in total. The lowest BCUT2D eigenvalue weighted by Gasteiger charge is -2.34. The number of hydrogen-bond donors (Lipinski definition) is 2. The molecule has 1 aromatic rings. The van der Waals surface area contributed by atoms with E-state index in [2.05, 4.69) is 15.3 Å². The molecular formula is C10H10ClF3N4O2. The third kappa shape index (κ3) is 2.93. The van der Waals surface area contributed by atoms with Crippen LogP contribution in [-0.2, 0) is 11.0 Å². The van der Waals surface area contributed by atoms with Gasteiger partial charge in [-0.25, -0.2) is 14.8 Å². The van der Waals surface area contributed by atoms with Crippen molar-refractivity contribution in [3.05, 3.63) is 17.0 Å². The molecule has 1 unspecified atom stereocenters. The molecular weight excluding hydrogens is 301 g/mol. The van der Waals surface area contributed by atoms with Crippen molar-refractivity contribution in [2.75, 3.05) is 24.5 Å². The van der Waals surface area contributed by atoms with E-state index in [9.17, 15) is 18.0 Å². The average molecular weight is 311 g/mol. The summed E-state index contributed by atoms with van der Waals surface area (Å²) in [6.45, 7) is 0.883. The number of carbonyl (C=O) groups is 1. The number of aromatic nitrogens is 2. The number of alkyl halides is 3. The summed E-state index contributed by atoms with van der Waals surface area (Å²) in [5, 5.41) is 11.5. The SMILES string of the molecule is O=C(O)C1CNCCN1c1ncc(C(F)(F)F)nc1Cl. The highest BCUT2D eigenvalue weighted by atomic mass is 35.5. The Labute approximate surface area is 116 Å². The van der Waals surface area contributed by atoms with Gasteiger partial charge in [-0.15, -0.1) is 0 Å². The van der Waals surface area contributed by atoms with Crippen molar-refractivity contribution in [1.82, 2.24) is 15.3 Å². The van der Waals surface area contributed by atoms with Crippen molar-refractivity contribution in [1.29, 1.82) is 0 Å². The van der Waals surface area contributed by atoms with Gasteiger partial charge in [-0.2, -0.15) is 13.2 Å². The van der Waals surface area contributed by atoms with E-state index in [-0.39, 0.29) is 18.9 Å². The first-order valence-electron chi connectivity index (χ1n) is 5.60. The number of rotatable bonds is 2. The van der Waals surface area contributed by atoms with Crippen LogP contribution in [0.25, 0.3) is 0 Å². The van der Waals surface area contributed by atoms with Crippen LogP contribution in [0.1, 0.15) is 5.69 Å². The van der Waals surface area contributed by atoms with Gasteiger partial charge in [-0.1, -0.05) is 11.6 Å². The second kappa shape index (κ2) is 5.41. The average Bonchev–Trinajstić information content (AvgIpc) is 2.37. The number of aliphatic carboxylic acids is 1. The van der Waals surface area contributed by atoms with E-state index >= 15 is 0 Å². The molecule has 0 aliphatic carbocycles. The molecule has 2 N–H and O–H groups in total. The predicted octanol–water partition coefficient (Wildman–Crippen LogP) is 1.01. The predicted molar refractivity (Wildman–Crippen MR) is 63.7 cm³/mol. The number of piperazine rings is 1. The Balaban J connectivity index is 2.34. The number of nitrogens with zero attached hydrogens (tertiary/aromatic N) is 3. The zero-order valence-corrected chi connectivity index (χ0v) is 10.7. The van der Waals surface area contributed by atoms with Crippen molar-refractivity contribution in [3.8, 4) is 0 Å². The number of carboxylic acid groups (broad SMARTS) is 1. The van der Waals surface area contributed by atoms with Gasteiger partial charge in [-0.05, 0) is 0 Å². The topological polar surface area (TPSA) is 78.4 Å². The molecule has 0 saturated carbocycles. The summed E-state index contributed by atoms with van der Waals surface area (Å²) in [6.07, 6.45) is -4.10. The molecule has 1 saturated heterocycles. The summed E-state index contributed by atoms with van der Waals surface area (Å²) >= 11 is 5.71. The van der Waals surface area contributed by atoms with E-state index in [4.69, 9.17) is 16.7 Å². The first kappa shape index (κ1) is 14.8. The van der Waals surface area contributed by atoms with Crippen LogP contribution in [0, 0.1) is 0 Å². The molecule has 1 aliphatic rings. The van der Waals surface area contributed by atoms with Crippen LogP contribution in [-0.4, -0.2) is 46.7 Å². The Morgan fingerprint density at radius 2 is 2.25 bits per heavy atom. The molecule has 2 heterocycles. The Kier molecular flexibility index (Phi) is 4.00. The maximum atomic E-state index is 12.5. The molecule has 1 fully saturated rings. The maximum Gasteiger partial charge on any atom is 0.434 e. The van der Waals surface area contributed by atoms with E-state index in [0.29, 0.717) is 12.7 Å². The van der Waals surface area contributed by atoms with Gasteiger partial charge in [0.1, 0.15) is 6.04 Å². The lowest BCUT2D eigenvalue weighted by Crippen LogP contribution is -2.55. The van der Waals surface area contributed by atoms with Gasteiger partial charge in [0.15, 0.2) is 16.7 Å². The van der Waals surface area contributed by atoms with Crippen molar-refractivity contribution in [2.45, 2.75) is 12.2 Å². The molecule has 1 aliphatic heterocycles. The molecule has 0 spiro atoms. The van der Waals surface area contributed by atoms with E-state index in [1.807, 2.05) is 0 Å². The first-order valence-corrected chi connectivity index (χ1v) is 5.98. The number of hydrogen-bond acceptors (Lipinski definition) is 5. The summed E-state index contributed by atoms with van der Waals surface area (Å²) < 4.78 is 37.4. The van der Waals surface area contributed by atoms with E-state index in [0.717, 1.165) is 0 Å². The fourth-order valence-corrected chi connectivity index (χ4v) is 2.12. The zero-order chi connectivity index (χ0) is 14.9. The van der Waals surface area contributed by atoms with Crippen LogP contribution in [0.2, 0.25) is 5.15 Å². The molecule has 0 bridgehead atoms. The fraction of sp³-hybridized carbons (Fsp3) is 0.500. The summed E-state index contributed by atoms with van der Waals surface area (Å²) in [6, 6.07) is -0.952. The van der Waals surface area contributed by atoms with Crippen molar-refractivity contribution < 1.29 is 23.1 Å². The molecule has 0 aromatic carbocycles. The quantitative estimate of drug-likeness (QED) is 0.849. The highest BCUT2D eigenvalue weighted by Gasteiger charge is 2.36. The van der Waals surface area contributed by atoms with Crippen molar-refractivity contribution in [3.63, 3.8) is 0 Å². The second-order valence-corrected chi connectivity index (χ2v) is 4.48. The van der Waals surface area contributed by atoms with E-state index in [1.54, 1.807) is 0 Å². The number of halogens is 4. The third-order valence-corrected chi connectivity index (χ3v) is 3.06. The van der Waals surface area contributed by atoms with Gasteiger partial charge < -0.3 is 15.3 Å². The third-order valence-electron chi connectivity index (χ3n) is 2.80. The van der Waals surface area contributed by atoms with Gasteiger partial charge in [-0.3, -0.25) is 0 Å². The molecule has 20 heavy (non-hydrogen) atoms. The minimum absolute atomic E-state index is 0.0615. The maximum absolute atomic E-state index is 12.5. The van der Waals surface area contributed by atoms with Crippen LogP contribution in [0.4, 0.5) is 19.0 Å². The minimum atomic E-state index is -4.65. The summed E-state index contributed by atoms with van der Waals surface area (Å²) in [7, 11) is 0. The number of nitrogens with one attached hydrogen (secondary N) is 1. The lowest BCUT2D eigenvalue weighted by atomic mass is 10.2. The minimum Gasteiger partial charge on any atom is -0.480 e. The van der Waals surface area contributed by atoms with Crippen LogP contribution < -0.4 is 10.2 Å². The molecule has 1 atom stereocenters. The molecule has 0 amide bonds. The van der Waals surface area contributed by atoms with Crippen LogP contribution in [0.15, 0.2) is 6.20 Å². The zero-order valence-electron chi connectivity index (χ0n) is 9.98. The van der Waals surface area contributed by atoms with Gasteiger partial charge in [0.25, 0.3) is 0 Å². The fourth-order valence-electron chi connectivity index (χ4n) is 1.87. The van der Waals surface area contributed by atoms with Crippen molar-refractivity contribution >= 4 is 23.4 Å². The van der Waals surface area contributed by atoms with Gasteiger partial charge in [0.05, 0.1) is 6.20 Å². The van der Waals surface area contributed by atoms with Gasteiger partial charge in [0, 0.05) is 19.6 Å². The Hall–Kier alpha value is -1.61. The summed E-state index contributed by atoms with van der Waals surface area (Å²) in [4.78, 5) is 19.3. The van der Waals surface area contributed by atoms with Crippen LogP contribution in [0.5, 0.6) is 0 Å². The van der Waals surface area contributed by atoms with Gasteiger partial charge >= 0.3 is 12.1 Å². The van der Waals surface area contributed by atoms with Crippen LogP contribution >= 0.6 is 11.6 Å². The molecule has 2 rings (SSSR count). The largest absolute Gasteiger partial charge is 0.480 e.